The molecule has 1 aliphatic rings. The van der Waals surface area contributed by atoms with Gasteiger partial charge in [0, 0.05) is 44.0 Å². The van der Waals surface area contributed by atoms with Gasteiger partial charge in [0.25, 0.3) is 5.79 Å². The van der Waals surface area contributed by atoms with Gasteiger partial charge in [-0.3, -0.25) is 24.0 Å². The summed E-state index contributed by atoms with van der Waals surface area (Å²) in [6, 6.07) is 0. The van der Waals surface area contributed by atoms with Gasteiger partial charge in [0.1, 0.15) is 11.9 Å². The molecule has 34 heavy (non-hydrogen) atoms. The number of carboxylic acids is 1. The van der Waals surface area contributed by atoms with E-state index in [9.17, 15) is 33.9 Å². The molecule has 0 radical (unpaired) electrons. The Balaban J connectivity index is 2.27. The van der Waals surface area contributed by atoms with Crippen molar-refractivity contribution in [2.75, 3.05) is 32.6 Å². The number of carbonyl (C=O) groups is 6. The second kappa shape index (κ2) is 13.4. The summed E-state index contributed by atoms with van der Waals surface area (Å²) in [5.41, 5.74) is -0.772. The summed E-state index contributed by atoms with van der Waals surface area (Å²) in [5, 5.41) is 14.1. The fourth-order valence-corrected chi connectivity index (χ4v) is 3.51. The molecule has 2 atom stereocenters. The third-order valence-corrected chi connectivity index (χ3v) is 5.79. The van der Waals surface area contributed by atoms with Crippen LogP contribution in [0.4, 0.5) is 0 Å². The number of thioether (sulfide) groups is 1. The van der Waals surface area contributed by atoms with Crippen molar-refractivity contribution < 1.29 is 48.1 Å². The van der Waals surface area contributed by atoms with Crippen LogP contribution >= 0.6 is 11.8 Å². The van der Waals surface area contributed by atoms with Crippen molar-refractivity contribution in [3.8, 4) is 0 Å². The minimum absolute atomic E-state index is 0.00162. The van der Waals surface area contributed by atoms with Gasteiger partial charge < -0.3 is 30.0 Å². The molecule has 12 nitrogen and oxygen atoms in total. The van der Waals surface area contributed by atoms with Crippen LogP contribution in [0.5, 0.6) is 0 Å². The van der Waals surface area contributed by atoms with Gasteiger partial charge >= 0.3 is 11.9 Å². The Morgan fingerprint density at radius 3 is 2.32 bits per heavy atom. The van der Waals surface area contributed by atoms with Crippen LogP contribution in [0.1, 0.15) is 46.5 Å². The highest BCUT2D eigenvalue weighted by molar-refractivity contribution is 8.13. The number of ketones is 1. The Morgan fingerprint density at radius 2 is 1.71 bits per heavy atom. The highest BCUT2D eigenvalue weighted by Crippen LogP contribution is 2.35. The topological polar surface area (TPSA) is 174 Å². The number of aliphatic carboxylic acids is 1. The summed E-state index contributed by atoms with van der Waals surface area (Å²) in [4.78, 5) is 70.2. The first-order chi connectivity index (χ1) is 15.8. The number of hydrogen-bond donors (Lipinski definition) is 3. The molecule has 1 fully saturated rings. The molecule has 0 aromatic rings. The first-order valence-electron chi connectivity index (χ1n) is 10.6. The first kappa shape index (κ1) is 29.5. The number of esters is 1. The van der Waals surface area contributed by atoms with Crippen molar-refractivity contribution in [2.45, 2.75) is 58.3 Å². The van der Waals surface area contributed by atoms with Gasteiger partial charge in [-0.1, -0.05) is 25.6 Å². The minimum Gasteiger partial charge on any atom is -0.477 e. The largest absolute Gasteiger partial charge is 0.477 e. The summed E-state index contributed by atoms with van der Waals surface area (Å²) in [5.74, 6) is -4.80. The SMILES string of the molecule is COC(=O)CCC(=O)CC(=O)SCCNC(=O)CCNC(=O)[C@@H]1OC(C)(C(=O)O)OCC1(C)C. The number of ether oxygens (including phenoxy) is 3. The number of nitrogens with one attached hydrogen (secondary N) is 2. The van der Waals surface area contributed by atoms with Gasteiger partial charge in [-0.25, -0.2) is 4.79 Å². The molecule has 0 aromatic carbocycles. The van der Waals surface area contributed by atoms with E-state index >= 15 is 0 Å². The molecule has 2 amide bonds. The fraction of sp³-hybridized carbons (Fsp3) is 0.714. The quantitative estimate of drug-likeness (QED) is 0.175. The number of carbonyl (C=O) groups excluding carboxylic acids is 5. The van der Waals surface area contributed by atoms with Crippen molar-refractivity contribution >= 4 is 46.4 Å². The lowest BCUT2D eigenvalue weighted by Crippen LogP contribution is -2.60. The molecular formula is C21H32N2O10S. The van der Waals surface area contributed by atoms with E-state index in [1.807, 2.05) is 0 Å². The number of carboxylic acid groups (broad SMARTS) is 1. The fourth-order valence-electron chi connectivity index (χ4n) is 2.82. The molecule has 192 valence electrons. The molecule has 0 bridgehead atoms. The van der Waals surface area contributed by atoms with E-state index in [2.05, 4.69) is 15.4 Å². The number of amides is 2. The molecule has 1 heterocycles. The third-order valence-electron chi connectivity index (χ3n) is 4.91. The molecule has 1 unspecified atom stereocenters. The Hall–Kier alpha value is -2.51. The number of methoxy groups -OCH3 is 1. The van der Waals surface area contributed by atoms with Crippen molar-refractivity contribution in [2.24, 2.45) is 5.41 Å². The average Bonchev–Trinajstić information content (AvgIpc) is 2.76. The van der Waals surface area contributed by atoms with E-state index in [0.29, 0.717) is 0 Å². The number of hydrogen-bond acceptors (Lipinski definition) is 10. The third kappa shape index (κ3) is 9.77. The monoisotopic (exact) mass is 504 g/mol. The summed E-state index contributed by atoms with van der Waals surface area (Å²) in [6.45, 7) is 4.83. The molecule has 0 aliphatic carbocycles. The van der Waals surface area contributed by atoms with Gasteiger partial charge in [-0.2, -0.15) is 0 Å². The second-order valence-corrected chi connectivity index (χ2v) is 9.58. The van der Waals surface area contributed by atoms with E-state index < -0.39 is 35.2 Å². The second-order valence-electron chi connectivity index (χ2n) is 8.43. The molecule has 1 rings (SSSR count). The zero-order valence-electron chi connectivity index (χ0n) is 19.8. The predicted molar refractivity (Wildman–Crippen MR) is 120 cm³/mol. The molecule has 13 heteroatoms. The molecule has 0 aromatic heterocycles. The van der Waals surface area contributed by atoms with E-state index in [0.717, 1.165) is 11.8 Å². The molecule has 3 N–H and O–H groups in total. The summed E-state index contributed by atoms with van der Waals surface area (Å²) < 4.78 is 15.1. The van der Waals surface area contributed by atoms with Crippen LogP contribution in [0.15, 0.2) is 0 Å². The van der Waals surface area contributed by atoms with Crippen LogP contribution in [0.3, 0.4) is 0 Å². The normalized spacial score (nSPS) is 21.2. The molecular weight excluding hydrogens is 472 g/mol. The maximum atomic E-state index is 12.5. The van der Waals surface area contributed by atoms with Gasteiger partial charge in [0.15, 0.2) is 5.12 Å². The maximum Gasteiger partial charge on any atom is 0.364 e. The van der Waals surface area contributed by atoms with Crippen molar-refractivity contribution in [1.82, 2.24) is 10.6 Å². The van der Waals surface area contributed by atoms with Crippen LogP contribution < -0.4 is 10.6 Å². The Bertz CT molecular complexity index is 800. The Morgan fingerprint density at radius 1 is 1.03 bits per heavy atom. The number of Topliss-reactive ketones (excluding diaryl/α,β-unsaturated/α-hetero) is 1. The predicted octanol–water partition coefficient (Wildman–Crippen LogP) is 0.0235. The molecule has 1 saturated heterocycles. The zero-order chi connectivity index (χ0) is 25.9. The lowest BCUT2D eigenvalue weighted by atomic mass is 9.85. The molecule has 1 aliphatic heterocycles. The van der Waals surface area contributed by atoms with Crippen molar-refractivity contribution in [3.63, 3.8) is 0 Å². The van der Waals surface area contributed by atoms with Crippen LogP contribution in [0.25, 0.3) is 0 Å². The highest BCUT2D eigenvalue weighted by atomic mass is 32.2. The Kier molecular flexibility index (Phi) is 11.6. The van der Waals surface area contributed by atoms with E-state index in [4.69, 9.17) is 9.47 Å². The first-order valence-corrected chi connectivity index (χ1v) is 11.6. The number of rotatable bonds is 13. The van der Waals surface area contributed by atoms with Gasteiger partial charge in [-0.15, -0.1) is 0 Å². The van der Waals surface area contributed by atoms with Gasteiger partial charge in [0.2, 0.25) is 11.8 Å². The molecule has 0 spiro atoms. The van der Waals surface area contributed by atoms with Gasteiger partial charge in [0.05, 0.1) is 26.6 Å². The van der Waals surface area contributed by atoms with E-state index in [1.165, 1.54) is 14.0 Å². The Labute approximate surface area is 201 Å². The minimum atomic E-state index is -1.93. The van der Waals surface area contributed by atoms with Crippen LogP contribution in [0.2, 0.25) is 0 Å². The maximum absolute atomic E-state index is 12.5. The van der Waals surface area contributed by atoms with Crippen LogP contribution in [-0.2, 0) is 43.0 Å². The summed E-state index contributed by atoms with van der Waals surface area (Å²) in [6.07, 6.45) is -1.55. The molecule has 0 saturated carbocycles. The smallest absolute Gasteiger partial charge is 0.364 e. The lowest BCUT2D eigenvalue weighted by molar-refractivity contribution is -0.304. The van der Waals surface area contributed by atoms with E-state index in [1.54, 1.807) is 13.8 Å². The zero-order valence-corrected chi connectivity index (χ0v) is 20.6. The lowest BCUT2D eigenvalue weighted by Gasteiger charge is -2.44. The van der Waals surface area contributed by atoms with Crippen molar-refractivity contribution in [3.05, 3.63) is 0 Å². The van der Waals surface area contributed by atoms with Crippen LogP contribution in [-0.4, -0.2) is 84.2 Å². The summed E-state index contributed by atoms with van der Waals surface area (Å²) >= 11 is 0.899. The standard InChI is InChI=1S/C21H32N2O10S/c1-20(2)12-32-21(3,19(29)30)33-17(20)18(28)23-8-7-14(25)22-9-10-34-16(27)11-13(24)5-6-15(26)31-4/h17H,5-12H2,1-4H3,(H,22,25)(H,23,28)(H,29,30)/t17-,21?/m0/s1. The average molecular weight is 505 g/mol. The van der Waals surface area contributed by atoms with Gasteiger partial charge in [-0.05, 0) is 0 Å². The van der Waals surface area contributed by atoms with E-state index in [-0.39, 0.29) is 67.9 Å². The summed E-state index contributed by atoms with van der Waals surface area (Å²) in [7, 11) is 1.22. The van der Waals surface area contributed by atoms with Crippen molar-refractivity contribution in [1.29, 1.82) is 0 Å². The van der Waals surface area contributed by atoms with Crippen LogP contribution in [0, 0.1) is 5.41 Å². The highest BCUT2D eigenvalue weighted by Gasteiger charge is 2.51.